The van der Waals surface area contributed by atoms with Crippen molar-refractivity contribution in [2.75, 3.05) is 13.2 Å². The fourth-order valence-electron chi connectivity index (χ4n) is 1.65. The van der Waals surface area contributed by atoms with E-state index in [1.54, 1.807) is 0 Å². The standard InChI is InChI=1S/C6H11NO/c8-3-6-5-1-4(5)2-7-6/h4-8H,1-3H2/t4-,5+,6?/m0/s1. The summed E-state index contributed by atoms with van der Waals surface area (Å²) in [5, 5.41) is 12.0. The molecule has 0 amide bonds. The third kappa shape index (κ3) is 0.501. The molecule has 2 fully saturated rings. The summed E-state index contributed by atoms with van der Waals surface area (Å²) in [7, 11) is 0. The summed E-state index contributed by atoms with van der Waals surface area (Å²) in [4.78, 5) is 0. The van der Waals surface area contributed by atoms with Crippen LogP contribution in [-0.2, 0) is 0 Å². The molecule has 1 unspecified atom stereocenters. The highest BCUT2D eigenvalue weighted by Gasteiger charge is 2.47. The van der Waals surface area contributed by atoms with Gasteiger partial charge in [-0.15, -0.1) is 0 Å². The van der Waals surface area contributed by atoms with E-state index in [1.807, 2.05) is 0 Å². The Balaban J connectivity index is 1.97. The monoisotopic (exact) mass is 113 g/mol. The molecule has 2 heteroatoms. The maximum absolute atomic E-state index is 8.70. The van der Waals surface area contributed by atoms with Gasteiger partial charge >= 0.3 is 0 Å². The molecule has 46 valence electrons. The van der Waals surface area contributed by atoms with Gasteiger partial charge in [-0.25, -0.2) is 0 Å². The van der Waals surface area contributed by atoms with Crippen molar-refractivity contribution in [2.24, 2.45) is 11.8 Å². The summed E-state index contributed by atoms with van der Waals surface area (Å²) in [6.45, 7) is 1.48. The lowest BCUT2D eigenvalue weighted by Crippen LogP contribution is -2.29. The van der Waals surface area contributed by atoms with Gasteiger partial charge in [-0.3, -0.25) is 0 Å². The zero-order chi connectivity index (χ0) is 5.56. The molecule has 2 nitrogen and oxygen atoms in total. The smallest absolute Gasteiger partial charge is 0.0587 e. The van der Waals surface area contributed by atoms with Gasteiger partial charge in [0.25, 0.3) is 0 Å². The Hall–Kier alpha value is -0.0800. The molecule has 0 aromatic heterocycles. The highest BCUT2D eigenvalue weighted by Crippen LogP contribution is 2.44. The lowest BCUT2D eigenvalue weighted by Gasteiger charge is -2.06. The van der Waals surface area contributed by atoms with E-state index in [4.69, 9.17) is 5.11 Å². The number of fused-ring (bicyclic) bond motifs is 1. The van der Waals surface area contributed by atoms with E-state index < -0.39 is 0 Å². The molecule has 0 aromatic carbocycles. The Labute approximate surface area is 48.9 Å². The minimum Gasteiger partial charge on any atom is -0.395 e. The van der Waals surface area contributed by atoms with Gasteiger partial charge in [0.2, 0.25) is 0 Å². The number of aliphatic hydroxyl groups excluding tert-OH is 1. The summed E-state index contributed by atoms with van der Waals surface area (Å²) < 4.78 is 0. The van der Waals surface area contributed by atoms with Gasteiger partial charge in [-0.05, 0) is 24.8 Å². The molecule has 1 saturated carbocycles. The SMILES string of the molecule is OCC1NC[C@@H]2C[C@@H]12. The topological polar surface area (TPSA) is 32.3 Å². The molecule has 1 aliphatic carbocycles. The number of piperidine rings is 1. The number of rotatable bonds is 1. The van der Waals surface area contributed by atoms with E-state index in [1.165, 1.54) is 6.42 Å². The van der Waals surface area contributed by atoms with Crippen molar-refractivity contribution >= 4 is 0 Å². The zero-order valence-corrected chi connectivity index (χ0v) is 4.80. The molecular weight excluding hydrogens is 102 g/mol. The zero-order valence-electron chi connectivity index (χ0n) is 4.80. The van der Waals surface area contributed by atoms with Crippen LogP contribution in [-0.4, -0.2) is 24.3 Å². The predicted octanol–water partition coefficient (Wildman–Crippen LogP) is -0.413. The third-order valence-corrected chi connectivity index (χ3v) is 2.33. The Bertz CT molecular complexity index is 105. The molecule has 1 aliphatic heterocycles. The molecule has 0 radical (unpaired) electrons. The maximum Gasteiger partial charge on any atom is 0.0587 e. The normalized spacial score (nSPS) is 51.4. The third-order valence-electron chi connectivity index (χ3n) is 2.33. The van der Waals surface area contributed by atoms with Crippen LogP contribution in [0.4, 0.5) is 0 Å². The second-order valence-corrected chi connectivity index (χ2v) is 2.86. The average molecular weight is 113 g/mol. The van der Waals surface area contributed by atoms with Gasteiger partial charge < -0.3 is 10.4 Å². The number of aliphatic hydroxyl groups is 1. The Morgan fingerprint density at radius 2 is 2.50 bits per heavy atom. The lowest BCUT2D eigenvalue weighted by atomic mass is 10.2. The van der Waals surface area contributed by atoms with Crippen LogP contribution in [0.15, 0.2) is 0 Å². The Morgan fingerprint density at radius 3 is 2.75 bits per heavy atom. The summed E-state index contributed by atoms with van der Waals surface area (Å²) in [5.41, 5.74) is 0. The van der Waals surface area contributed by atoms with Crippen molar-refractivity contribution in [3.63, 3.8) is 0 Å². The van der Waals surface area contributed by atoms with Crippen LogP contribution in [0.3, 0.4) is 0 Å². The van der Waals surface area contributed by atoms with E-state index in [-0.39, 0.29) is 0 Å². The van der Waals surface area contributed by atoms with E-state index in [0.717, 1.165) is 18.4 Å². The van der Waals surface area contributed by atoms with Crippen molar-refractivity contribution in [2.45, 2.75) is 12.5 Å². The quantitative estimate of drug-likeness (QED) is 0.484. The van der Waals surface area contributed by atoms with Crippen LogP contribution in [0.5, 0.6) is 0 Å². The van der Waals surface area contributed by atoms with Crippen LogP contribution in [0.25, 0.3) is 0 Å². The molecule has 0 bridgehead atoms. The van der Waals surface area contributed by atoms with Crippen LogP contribution in [0, 0.1) is 11.8 Å². The van der Waals surface area contributed by atoms with Crippen LogP contribution >= 0.6 is 0 Å². The highest BCUT2D eigenvalue weighted by molar-refractivity contribution is 5.01. The van der Waals surface area contributed by atoms with Crippen molar-refractivity contribution in [1.29, 1.82) is 0 Å². The second-order valence-electron chi connectivity index (χ2n) is 2.86. The second kappa shape index (κ2) is 1.45. The van der Waals surface area contributed by atoms with Gasteiger partial charge in [0, 0.05) is 6.04 Å². The fraction of sp³-hybridized carbons (Fsp3) is 1.00. The van der Waals surface area contributed by atoms with E-state index >= 15 is 0 Å². The molecular formula is C6H11NO. The van der Waals surface area contributed by atoms with Crippen molar-refractivity contribution in [1.82, 2.24) is 5.32 Å². The summed E-state index contributed by atoms with van der Waals surface area (Å²) in [5.74, 6) is 1.76. The van der Waals surface area contributed by atoms with E-state index in [9.17, 15) is 0 Å². The largest absolute Gasteiger partial charge is 0.395 e. The summed E-state index contributed by atoms with van der Waals surface area (Å²) >= 11 is 0. The molecule has 0 spiro atoms. The Morgan fingerprint density at radius 1 is 1.62 bits per heavy atom. The molecule has 0 aromatic rings. The molecule has 3 atom stereocenters. The maximum atomic E-state index is 8.70. The number of nitrogens with one attached hydrogen (secondary N) is 1. The number of hydrogen-bond acceptors (Lipinski definition) is 2. The molecule has 1 saturated heterocycles. The predicted molar refractivity (Wildman–Crippen MR) is 30.5 cm³/mol. The average Bonchev–Trinajstić information content (AvgIpc) is 2.46. The van der Waals surface area contributed by atoms with Gasteiger partial charge in [0.15, 0.2) is 0 Å². The molecule has 2 rings (SSSR count). The number of hydrogen-bond donors (Lipinski definition) is 2. The summed E-state index contributed by atoms with van der Waals surface area (Å²) in [6, 6.07) is 0.444. The Kier molecular flexibility index (Phi) is 0.866. The van der Waals surface area contributed by atoms with Crippen LogP contribution in [0.2, 0.25) is 0 Å². The van der Waals surface area contributed by atoms with Crippen molar-refractivity contribution in [3.05, 3.63) is 0 Å². The minimum atomic E-state index is 0.334. The first-order chi connectivity index (χ1) is 3.92. The van der Waals surface area contributed by atoms with Crippen molar-refractivity contribution < 1.29 is 5.11 Å². The lowest BCUT2D eigenvalue weighted by molar-refractivity contribution is 0.242. The van der Waals surface area contributed by atoms with Crippen molar-refractivity contribution in [3.8, 4) is 0 Å². The summed E-state index contributed by atoms with van der Waals surface area (Å²) in [6.07, 6.45) is 1.36. The van der Waals surface area contributed by atoms with Gasteiger partial charge in [-0.1, -0.05) is 0 Å². The van der Waals surface area contributed by atoms with Crippen LogP contribution < -0.4 is 5.32 Å². The van der Waals surface area contributed by atoms with E-state index in [2.05, 4.69) is 5.32 Å². The van der Waals surface area contributed by atoms with Gasteiger partial charge in [0.05, 0.1) is 6.61 Å². The van der Waals surface area contributed by atoms with E-state index in [0.29, 0.717) is 12.6 Å². The molecule has 1 heterocycles. The fourth-order valence-corrected chi connectivity index (χ4v) is 1.65. The molecule has 8 heavy (non-hydrogen) atoms. The van der Waals surface area contributed by atoms with Crippen LogP contribution in [0.1, 0.15) is 6.42 Å². The first-order valence-corrected chi connectivity index (χ1v) is 3.26. The van der Waals surface area contributed by atoms with Gasteiger partial charge in [0.1, 0.15) is 0 Å². The first kappa shape index (κ1) is 4.77. The minimum absolute atomic E-state index is 0.334. The highest BCUT2D eigenvalue weighted by atomic mass is 16.3. The molecule has 2 aliphatic rings. The molecule has 2 N–H and O–H groups in total. The van der Waals surface area contributed by atoms with Gasteiger partial charge in [-0.2, -0.15) is 0 Å². The first-order valence-electron chi connectivity index (χ1n) is 3.26.